The summed E-state index contributed by atoms with van der Waals surface area (Å²) < 4.78 is 8.77. The van der Waals surface area contributed by atoms with Gasteiger partial charge >= 0.3 is 0 Å². The fourth-order valence-corrected chi connectivity index (χ4v) is 2.79. The number of nitrogens with two attached hydrogens (primary N) is 1. The molecule has 2 N–H and O–H groups in total. The van der Waals surface area contributed by atoms with Gasteiger partial charge in [-0.25, -0.2) is 0 Å². The zero-order valence-electron chi connectivity index (χ0n) is 12.1. The van der Waals surface area contributed by atoms with E-state index in [0.29, 0.717) is 12.5 Å². The summed E-state index contributed by atoms with van der Waals surface area (Å²) >= 11 is 3.50. The van der Waals surface area contributed by atoms with Crippen LogP contribution in [0.15, 0.2) is 45.4 Å². The lowest BCUT2D eigenvalue weighted by atomic mass is 10.1. The number of furan rings is 1. The topological polar surface area (TPSA) is 57.0 Å². The van der Waals surface area contributed by atoms with Gasteiger partial charge in [0.25, 0.3) is 0 Å². The maximum absolute atomic E-state index is 6.27. The van der Waals surface area contributed by atoms with Crippen molar-refractivity contribution >= 4 is 26.9 Å². The third-order valence-corrected chi connectivity index (χ3v) is 4.13. The fraction of sp³-hybridized carbons (Fsp3) is 0.312. The summed E-state index contributed by atoms with van der Waals surface area (Å²) in [7, 11) is 0. The van der Waals surface area contributed by atoms with Crippen LogP contribution in [0.3, 0.4) is 0 Å². The molecule has 0 saturated heterocycles. The summed E-state index contributed by atoms with van der Waals surface area (Å²) in [4.78, 5) is 0. The molecule has 110 valence electrons. The lowest BCUT2D eigenvalue weighted by Crippen LogP contribution is -2.13. The van der Waals surface area contributed by atoms with Gasteiger partial charge in [0.05, 0.1) is 16.2 Å². The Balaban J connectivity index is 1.82. The van der Waals surface area contributed by atoms with Crippen LogP contribution in [0.1, 0.15) is 37.4 Å². The first kappa shape index (κ1) is 14.4. The number of para-hydroxylation sites is 1. The molecule has 21 heavy (non-hydrogen) atoms. The van der Waals surface area contributed by atoms with Crippen LogP contribution >= 0.6 is 15.9 Å². The minimum absolute atomic E-state index is 0.195. The number of aromatic nitrogens is 2. The highest BCUT2D eigenvalue weighted by molar-refractivity contribution is 9.10. The Morgan fingerprint density at radius 1 is 1.33 bits per heavy atom. The van der Waals surface area contributed by atoms with Crippen molar-refractivity contribution < 1.29 is 4.42 Å². The minimum Gasteiger partial charge on any atom is -0.458 e. The van der Waals surface area contributed by atoms with Crippen molar-refractivity contribution in [1.82, 2.24) is 9.78 Å². The molecule has 0 aliphatic heterocycles. The van der Waals surface area contributed by atoms with Gasteiger partial charge < -0.3 is 10.2 Å². The third kappa shape index (κ3) is 2.89. The number of rotatable bonds is 4. The molecule has 3 rings (SSSR count). The summed E-state index contributed by atoms with van der Waals surface area (Å²) in [6.07, 6.45) is 2.65. The first-order chi connectivity index (χ1) is 10.0. The highest BCUT2D eigenvalue weighted by atomic mass is 79.9. The van der Waals surface area contributed by atoms with Crippen molar-refractivity contribution in [1.29, 1.82) is 0 Å². The molecule has 0 spiro atoms. The van der Waals surface area contributed by atoms with Gasteiger partial charge in [-0.1, -0.05) is 12.1 Å². The van der Waals surface area contributed by atoms with E-state index >= 15 is 0 Å². The normalized spacial score (nSPS) is 13.2. The smallest absolute Gasteiger partial charge is 0.148 e. The van der Waals surface area contributed by atoms with E-state index in [1.807, 2.05) is 41.2 Å². The van der Waals surface area contributed by atoms with Crippen LogP contribution in [0.25, 0.3) is 11.0 Å². The minimum atomic E-state index is -0.195. The van der Waals surface area contributed by atoms with Crippen LogP contribution in [-0.4, -0.2) is 9.78 Å². The molecule has 0 aliphatic rings. The summed E-state index contributed by atoms with van der Waals surface area (Å²) in [5, 5.41) is 5.59. The summed E-state index contributed by atoms with van der Waals surface area (Å²) in [5.74, 6) is 0.788. The number of hydrogen-bond acceptors (Lipinski definition) is 3. The molecule has 4 nitrogen and oxygen atoms in total. The molecule has 0 radical (unpaired) electrons. The van der Waals surface area contributed by atoms with E-state index in [2.05, 4.69) is 34.9 Å². The van der Waals surface area contributed by atoms with Crippen molar-refractivity contribution in [2.75, 3.05) is 0 Å². The molecule has 0 bridgehead atoms. The van der Waals surface area contributed by atoms with E-state index in [1.165, 1.54) is 0 Å². The lowest BCUT2D eigenvalue weighted by Gasteiger charge is -2.07. The third-order valence-electron chi connectivity index (χ3n) is 3.50. The molecule has 2 aromatic heterocycles. The second-order valence-electron chi connectivity index (χ2n) is 5.50. The van der Waals surface area contributed by atoms with Crippen LogP contribution in [0.2, 0.25) is 0 Å². The number of halogens is 1. The number of nitrogens with zero attached hydrogens (tertiary/aromatic N) is 2. The van der Waals surface area contributed by atoms with Gasteiger partial charge in [-0.05, 0) is 48.0 Å². The van der Waals surface area contributed by atoms with E-state index in [1.54, 1.807) is 0 Å². The molecule has 1 unspecified atom stereocenters. The molecule has 0 fully saturated rings. The molecule has 5 heteroatoms. The van der Waals surface area contributed by atoms with Crippen LogP contribution < -0.4 is 5.73 Å². The Labute approximate surface area is 132 Å². The van der Waals surface area contributed by atoms with Gasteiger partial charge in [0.1, 0.15) is 11.3 Å². The van der Waals surface area contributed by atoms with Crippen LogP contribution in [-0.2, 0) is 6.42 Å². The van der Waals surface area contributed by atoms with Crippen LogP contribution in [0.5, 0.6) is 0 Å². The Morgan fingerprint density at radius 2 is 2.14 bits per heavy atom. The maximum atomic E-state index is 6.27. The van der Waals surface area contributed by atoms with E-state index in [9.17, 15) is 0 Å². The van der Waals surface area contributed by atoms with Crippen molar-refractivity contribution in [3.05, 3.63) is 52.5 Å². The van der Waals surface area contributed by atoms with Crippen LogP contribution in [0, 0.1) is 0 Å². The standard InChI is InChI=1S/C16H18BrN3O/c1-10(2)20-7-6-12(19-20)9-14(18)15-8-11-4-3-5-13(17)16(11)21-15/h3-8,10,14H,9,18H2,1-2H3. The number of hydrogen-bond donors (Lipinski definition) is 1. The molecule has 1 aromatic carbocycles. The Hall–Kier alpha value is -1.59. The number of fused-ring (bicyclic) bond motifs is 1. The lowest BCUT2D eigenvalue weighted by molar-refractivity contribution is 0.482. The van der Waals surface area contributed by atoms with Crippen molar-refractivity contribution in [3.8, 4) is 0 Å². The molecule has 0 saturated carbocycles. The van der Waals surface area contributed by atoms with Gasteiger partial charge in [0.15, 0.2) is 0 Å². The Morgan fingerprint density at radius 3 is 2.81 bits per heavy atom. The fourth-order valence-electron chi connectivity index (χ4n) is 2.33. The molecule has 0 amide bonds. The van der Waals surface area contributed by atoms with E-state index < -0.39 is 0 Å². The van der Waals surface area contributed by atoms with Crippen molar-refractivity contribution in [3.63, 3.8) is 0 Å². The average Bonchev–Trinajstić information content (AvgIpc) is 3.05. The van der Waals surface area contributed by atoms with Gasteiger partial charge in [-0.3, -0.25) is 4.68 Å². The predicted octanol–water partition coefficient (Wildman–Crippen LogP) is 4.22. The molecule has 1 atom stereocenters. The van der Waals surface area contributed by atoms with Gasteiger partial charge in [-0.2, -0.15) is 5.10 Å². The summed E-state index contributed by atoms with van der Waals surface area (Å²) in [6.45, 7) is 4.21. The second kappa shape index (κ2) is 5.66. The van der Waals surface area contributed by atoms with E-state index in [-0.39, 0.29) is 6.04 Å². The van der Waals surface area contributed by atoms with Gasteiger partial charge in [-0.15, -0.1) is 0 Å². The highest BCUT2D eigenvalue weighted by Gasteiger charge is 2.15. The van der Waals surface area contributed by atoms with Gasteiger partial charge in [0, 0.05) is 24.0 Å². The van der Waals surface area contributed by atoms with E-state index in [4.69, 9.17) is 10.2 Å². The predicted molar refractivity (Wildman–Crippen MR) is 87.2 cm³/mol. The molecular formula is C16H18BrN3O. The Kier molecular flexibility index (Phi) is 3.87. The molecule has 2 heterocycles. The van der Waals surface area contributed by atoms with Crippen molar-refractivity contribution in [2.24, 2.45) is 5.73 Å². The SMILES string of the molecule is CC(C)n1ccc(CC(N)c2cc3cccc(Br)c3o2)n1. The number of benzene rings is 1. The summed E-state index contributed by atoms with van der Waals surface area (Å²) in [6, 6.07) is 10.2. The first-order valence-corrected chi connectivity index (χ1v) is 7.81. The first-order valence-electron chi connectivity index (χ1n) is 7.02. The van der Waals surface area contributed by atoms with Crippen LogP contribution in [0.4, 0.5) is 0 Å². The van der Waals surface area contributed by atoms with Gasteiger partial charge in [0.2, 0.25) is 0 Å². The quantitative estimate of drug-likeness (QED) is 0.768. The summed E-state index contributed by atoms with van der Waals surface area (Å²) in [5.41, 5.74) is 8.09. The highest BCUT2D eigenvalue weighted by Crippen LogP contribution is 2.29. The zero-order valence-corrected chi connectivity index (χ0v) is 13.7. The monoisotopic (exact) mass is 347 g/mol. The molecular weight excluding hydrogens is 330 g/mol. The average molecular weight is 348 g/mol. The zero-order chi connectivity index (χ0) is 15.0. The van der Waals surface area contributed by atoms with Crippen molar-refractivity contribution in [2.45, 2.75) is 32.4 Å². The molecule has 0 aliphatic carbocycles. The van der Waals surface area contributed by atoms with E-state index in [0.717, 1.165) is 26.9 Å². The second-order valence-corrected chi connectivity index (χ2v) is 6.35. The molecule has 3 aromatic rings. The maximum Gasteiger partial charge on any atom is 0.148 e. The Bertz CT molecular complexity index is 760. The largest absolute Gasteiger partial charge is 0.458 e.